The second-order valence-corrected chi connectivity index (χ2v) is 8.22. The van der Waals surface area contributed by atoms with E-state index in [1.54, 1.807) is 12.1 Å². The molecule has 1 aliphatic carbocycles. The number of hydrogen-bond donors (Lipinski definition) is 2. The fraction of sp³-hybridized carbons (Fsp3) is 0.111. The molecule has 0 aliphatic heterocycles. The molecule has 0 atom stereocenters. The highest BCUT2D eigenvalue weighted by Gasteiger charge is 2.47. The smallest absolute Gasteiger partial charge is 0.146 e. The summed E-state index contributed by atoms with van der Waals surface area (Å²) in [5, 5.41) is 0. The van der Waals surface area contributed by atoms with Crippen LogP contribution in [0.15, 0.2) is 72.8 Å². The maximum atomic E-state index is 14.9. The van der Waals surface area contributed by atoms with Gasteiger partial charge in [0.15, 0.2) is 0 Å². The Bertz CT molecular complexity index is 1250. The third-order valence-electron chi connectivity index (χ3n) is 6.45. The molecule has 4 N–H and O–H groups in total. The van der Waals surface area contributed by atoms with Crippen LogP contribution in [0.4, 0.5) is 20.2 Å². The van der Waals surface area contributed by atoms with E-state index in [0.717, 1.165) is 44.5 Å². The Kier molecular flexibility index (Phi) is 4.16. The van der Waals surface area contributed by atoms with Crippen molar-refractivity contribution in [3.05, 3.63) is 118 Å². The van der Waals surface area contributed by atoms with Gasteiger partial charge in [-0.05, 0) is 82.6 Å². The zero-order valence-electron chi connectivity index (χ0n) is 17.3. The quantitative estimate of drug-likeness (QED) is 0.344. The first-order valence-corrected chi connectivity index (χ1v) is 10.2. The van der Waals surface area contributed by atoms with Crippen LogP contribution < -0.4 is 11.5 Å². The van der Waals surface area contributed by atoms with Crippen molar-refractivity contribution in [3.8, 4) is 11.1 Å². The van der Waals surface area contributed by atoms with Gasteiger partial charge in [-0.3, -0.25) is 0 Å². The molecule has 0 aromatic heterocycles. The Morgan fingerprint density at radius 3 is 1.39 bits per heavy atom. The molecule has 31 heavy (non-hydrogen) atoms. The van der Waals surface area contributed by atoms with Gasteiger partial charge in [0, 0.05) is 0 Å². The van der Waals surface area contributed by atoms with Crippen molar-refractivity contribution in [3.63, 3.8) is 0 Å². The van der Waals surface area contributed by atoms with Gasteiger partial charge in [-0.25, -0.2) is 8.78 Å². The van der Waals surface area contributed by atoms with Crippen molar-refractivity contribution in [2.24, 2.45) is 0 Å². The normalized spacial score (nSPS) is 13.7. The lowest BCUT2D eigenvalue weighted by Gasteiger charge is -2.36. The molecule has 0 fully saturated rings. The lowest BCUT2D eigenvalue weighted by molar-refractivity contribution is 0.616. The number of benzene rings is 4. The van der Waals surface area contributed by atoms with Gasteiger partial charge in [0.05, 0.1) is 16.8 Å². The van der Waals surface area contributed by atoms with Gasteiger partial charge in [0.2, 0.25) is 0 Å². The number of aryl methyl sites for hydroxylation is 2. The molecule has 154 valence electrons. The van der Waals surface area contributed by atoms with Gasteiger partial charge in [-0.15, -0.1) is 0 Å². The van der Waals surface area contributed by atoms with E-state index in [4.69, 9.17) is 11.5 Å². The van der Waals surface area contributed by atoms with Gasteiger partial charge in [-0.2, -0.15) is 0 Å². The van der Waals surface area contributed by atoms with Gasteiger partial charge >= 0.3 is 0 Å². The SMILES string of the molecule is Cc1cc(N)c(F)cc1C1(c2cc(F)c(N)cc2C)c2ccccc2-c2ccccc21. The second kappa shape index (κ2) is 6.67. The number of anilines is 2. The van der Waals surface area contributed by atoms with E-state index in [1.165, 1.54) is 12.1 Å². The first kappa shape index (κ1) is 19.3. The van der Waals surface area contributed by atoms with Gasteiger partial charge in [-0.1, -0.05) is 48.5 Å². The van der Waals surface area contributed by atoms with Crippen LogP contribution in [-0.2, 0) is 5.41 Å². The molecule has 5 rings (SSSR count). The van der Waals surface area contributed by atoms with E-state index >= 15 is 0 Å². The third-order valence-corrected chi connectivity index (χ3v) is 6.45. The fourth-order valence-electron chi connectivity index (χ4n) is 5.18. The molecule has 1 aliphatic rings. The summed E-state index contributed by atoms with van der Waals surface area (Å²) >= 11 is 0. The van der Waals surface area contributed by atoms with Crippen molar-refractivity contribution in [2.75, 3.05) is 11.5 Å². The van der Waals surface area contributed by atoms with Crippen LogP contribution in [0.2, 0.25) is 0 Å². The van der Waals surface area contributed by atoms with E-state index in [0.29, 0.717) is 0 Å². The Balaban J connectivity index is 2.03. The van der Waals surface area contributed by atoms with Crippen LogP contribution in [0.25, 0.3) is 11.1 Å². The second-order valence-electron chi connectivity index (χ2n) is 8.22. The standard InChI is InChI=1S/C27H22F2N2/c1-15-11-25(30)23(28)13-21(15)27(22-14-24(29)26(31)12-16(22)2)19-9-5-3-7-17(19)18-8-4-6-10-20(18)27/h3-14H,30-31H2,1-2H3. The maximum Gasteiger partial charge on any atom is 0.146 e. The van der Waals surface area contributed by atoms with Gasteiger partial charge in [0.1, 0.15) is 11.6 Å². The average Bonchev–Trinajstić information content (AvgIpc) is 3.05. The van der Waals surface area contributed by atoms with Crippen LogP contribution >= 0.6 is 0 Å². The Morgan fingerprint density at radius 2 is 0.968 bits per heavy atom. The minimum absolute atomic E-state index is 0.0937. The molecular weight excluding hydrogens is 390 g/mol. The number of nitrogen functional groups attached to an aromatic ring is 2. The number of nitrogens with two attached hydrogens (primary N) is 2. The van der Waals surface area contributed by atoms with Crippen molar-refractivity contribution in [1.29, 1.82) is 0 Å². The number of halogens is 2. The van der Waals surface area contributed by atoms with Crippen molar-refractivity contribution < 1.29 is 8.78 Å². The van der Waals surface area contributed by atoms with Crippen LogP contribution in [-0.4, -0.2) is 0 Å². The third kappa shape index (κ3) is 2.54. The van der Waals surface area contributed by atoms with Crippen LogP contribution in [0.3, 0.4) is 0 Å². The summed E-state index contributed by atoms with van der Waals surface area (Å²) in [4.78, 5) is 0. The summed E-state index contributed by atoms with van der Waals surface area (Å²) in [6.07, 6.45) is 0. The molecule has 0 saturated heterocycles. The van der Waals surface area contributed by atoms with Gasteiger partial charge in [0.25, 0.3) is 0 Å². The minimum Gasteiger partial charge on any atom is -0.396 e. The van der Waals surface area contributed by atoms with Gasteiger partial charge < -0.3 is 11.5 Å². The lowest BCUT2D eigenvalue weighted by Crippen LogP contribution is -2.31. The van der Waals surface area contributed by atoms with E-state index in [1.807, 2.05) is 50.2 Å². The number of hydrogen-bond acceptors (Lipinski definition) is 2. The van der Waals surface area contributed by atoms with Crippen molar-refractivity contribution in [1.82, 2.24) is 0 Å². The molecule has 0 saturated carbocycles. The van der Waals surface area contributed by atoms with E-state index in [-0.39, 0.29) is 11.4 Å². The molecule has 4 aromatic carbocycles. The zero-order valence-corrected chi connectivity index (χ0v) is 17.3. The molecule has 0 heterocycles. The van der Waals surface area contributed by atoms with E-state index in [2.05, 4.69) is 12.1 Å². The summed E-state index contributed by atoms with van der Waals surface area (Å²) in [6.45, 7) is 3.83. The number of fused-ring (bicyclic) bond motifs is 3. The molecule has 2 nitrogen and oxygen atoms in total. The summed E-state index contributed by atoms with van der Waals surface area (Å²) in [6, 6.07) is 22.4. The molecular formula is C27H22F2N2. The molecule has 4 aromatic rings. The molecule has 0 unspecified atom stereocenters. The van der Waals surface area contributed by atoms with Crippen molar-refractivity contribution in [2.45, 2.75) is 19.3 Å². The molecule has 4 heteroatoms. The lowest BCUT2D eigenvalue weighted by atomic mass is 9.65. The average molecular weight is 412 g/mol. The monoisotopic (exact) mass is 412 g/mol. The van der Waals surface area contributed by atoms with Crippen LogP contribution in [0, 0.1) is 25.5 Å². The summed E-state index contributed by atoms with van der Waals surface area (Å²) in [7, 11) is 0. The number of rotatable bonds is 2. The topological polar surface area (TPSA) is 52.0 Å². The highest BCUT2D eigenvalue weighted by molar-refractivity contribution is 5.87. The first-order valence-electron chi connectivity index (χ1n) is 10.2. The Labute approximate surface area is 180 Å². The predicted molar refractivity (Wildman–Crippen MR) is 122 cm³/mol. The largest absolute Gasteiger partial charge is 0.396 e. The first-order chi connectivity index (χ1) is 14.9. The molecule has 0 radical (unpaired) electrons. The Hall–Kier alpha value is -3.66. The fourth-order valence-corrected chi connectivity index (χ4v) is 5.18. The summed E-state index contributed by atoms with van der Waals surface area (Å²) in [5.41, 5.74) is 18.3. The predicted octanol–water partition coefficient (Wildman–Crippen LogP) is 6.11. The van der Waals surface area contributed by atoms with E-state index < -0.39 is 17.0 Å². The minimum atomic E-state index is -0.898. The van der Waals surface area contributed by atoms with Crippen LogP contribution in [0.1, 0.15) is 33.4 Å². The highest BCUT2D eigenvalue weighted by Crippen LogP contribution is 2.57. The molecule has 0 spiro atoms. The zero-order chi connectivity index (χ0) is 21.9. The summed E-state index contributed by atoms with van der Waals surface area (Å²) < 4.78 is 29.8. The molecule has 0 amide bonds. The highest BCUT2D eigenvalue weighted by atomic mass is 19.1. The summed E-state index contributed by atoms with van der Waals surface area (Å²) in [5.74, 6) is -0.981. The van der Waals surface area contributed by atoms with E-state index in [9.17, 15) is 8.78 Å². The maximum absolute atomic E-state index is 14.9. The van der Waals surface area contributed by atoms with Crippen LogP contribution in [0.5, 0.6) is 0 Å². The van der Waals surface area contributed by atoms with Crippen molar-refractivity contribution >= 4 is 11.4 Å². The Morgan fingerprint density at radius 1 is 0.581 bits per heavy atom. The molecule has 0 bridgehead atoms.